The first kappa shape index (κ1) is 11.6. The van der Waals surface area contributed by atoms with Crippen molar-refractivity contribution >= 4 is 40.7 Å². The van der Waals surface area contributed by atoms with Crippen molar-refractivity contribution in [2.45, 2.75) is 6.92 Å². The Labute approximate surface area is 108 Å². The minimum absolute atomic E-state index is 0.454. The van der Waals surface area contributed by atoms with Crippen LogP contribution in [0.15, 0.2) is 40.1 Å². The molecule has 1 aromatic carbocycles. The quantitative estimate of drug-likeness (QED) is 0.628. The number of halogens is 3. The van der Waals surface area contributed by atoms with Gasteiger partial charge >= 0.3 is 0 Å². The Balaban J connectivity index is 2.43. The molecule has 1 aromatic rings. The van der Waals surface area contributed by atoms with Gasteiger partial charge in [0.15, 0.2) is 0 Å². The molecule has 0 saturated heterocycles. The zero-order chi connectivity index (χ0) is 11.7. The second-order valence-corrected chi connectivity index (χ2v) is 4.40. The van der Waals surface area contributed by atoms with Crippen molar-refractivity contribution in [1.29, 1.82) is 0 Å². The maximum absolute atomic E-state index is 5.97. The van der Waals surface area contributed by atoms with E-state index < -0.39 is 0 Å². The summed E-state index contributed by atoms with van der Waals surface area (Å²) in [7, 11) is 0. The Morgan fingerprint density at radius 1 is 1.19 bits per heavy atom. The number of hydrogen-bond donors (Lipinski definition) is 1. The lowest BCUT2D eigenvalue weighted by Crippen LogP contribution is -2.30. The summed E-state index contributed by atoms with van der Waals surface area (Å²) in [6.45, 7) is 1.87. The Kier molecular flexibility index (Phi) is 3.28. The molecule has 3 nitrogen and oxygen atoms in total. The fourth-order valence-electron chi connectivity index (χ4n) is 1.34. The van der Waals surface area contributed by atoms with E-state index in [4.69, 9.17) is 35.0 Å². The molecule has 1 N–H and O–H groups in total. The molecule has 0 radical (unpaired) electrons. The molecule has 1 aliphatic heterocycles. The van der Waals surface area contributed by atoms with Crippen LogP contribution in [0.3, 0.4) is 0 Å². The number of hydrazine groups is 1. The van der Waals surface area contributed by atoms with E-state index >= 15 is 0 Å². The predicted octanol–water partition coefficient (Wildman–Crippen LogP) is 3.49. The highest BCUT2D eigenvalue weighted by molar-refractivity contribution is 6.34. The number of allylic oxidation sites excluding steroid dienone is 1. The van der Waals surface area contributed by atoms with Crippen LogP contribution in [0.2, 0.25) is 5.02 Å². The van der Waals surface area contributed by atoms with Gasteiger partial charge in [-0.15, -0.1) is 9.74 Å². The number of hydrazone groups is 1. The summed E-state index contributed by atoms with van der Waals surface area (Å²) < 4.78 is 1.05. The maximum atomic E-state index is 5.97. The first-order valence-corrected chi connectivity index (χ1v) is 5.61. The highest BCUT2D eigenvalue weighted by Gasteiger charge is 2.17. The highest BCUT2D eigenvalue weighted by atomic mass is 35.5. The molecule has 0 unspecified atom stereocenters. The molecule has 84 valence electrons. The van der Waals surface area contributed by atoms with Crippen LogP contribution in [0.25, 0.3) is 0 Å². The van der Waals surface area contributed by atoms with Crippen molar-refractivity contribution < 1.29 is 0 Å². The van der Waals surface area contributed by atoms with Crippen LogP contribution in [0.5, 0.6) is 0 Å². The molecule has 0 spiro atoms. The second kappa shape index (κ2) is 4.53. The minimum atomic E-state index is 0.454. The zero-order valence-electron chi connectivity index (χ0n) is 8.34. The minimum Gasteiger partial charge on any atom is -0.256 e. The van der Waals surface area contributed by atoms with E-state index in [0.717, 1.165) is 21.5 Å². The fraction of sp³-hybridized carbons (Fsp3) is 0.100. The molecular formula is C10H8Cl3N3. The second-order valence-electron chi connectivity index (χ2n) is 3.27. The lowest BCUT2D eigenvalue weighted by atomic mass is 10.0. The molecule has 0 amide bonds. The van der Waals surface area contributed by atoms with Gasteiger partial charge in [0.25, 0.3) is 0 Å². The van der Waals surface area contributed by atoms with Crippen molar-refractivity contribution in [3.63, 3.8) is 0 Å². The molecular weight excluding hydrogens is 268 g/mol. The number of hydrogen-bond acceptors (Lipinski definition) is 3. The van der Waals surface area contributed by atoms with Gasteiger partial charge in [0.05, 0.1) is 17.5 Å². The molecule has 0 fully saturated rings. The van der Waals surface area contributed by atoms with E-state index in [9.17, 15) is 0 Å². The van der Waals surface area contributed by atoms with Gasteiger partial charge in [-0.3, -0.25) is 5.43 Å². The SMILES string of the molecule is CC1=C(Cl)NN(Cl)N=C1c1ccc(Cl)cc1. The molecule has 2 rings (SSSR count). The first-order valence-electron chi connectivity index (χ1n) is 4.52. The molecule has 6 heteroatoms. The molecule has 0 aliphatic carbocycles. The summed E-state index contributed by atoms with van der Waals surface area (Å²) in [5.41, 5.74) is 5.13. The van der Waals surface area contributed by atoms with E-state index in [1.54, 1.807) is 12.1 Å². The van der Waals surface area contributed by atoms with Gasteiger partial charge in [-0.1, -0.05) is 35.3 Å². The van der Waals surface area contributed by atoms with Crippen LogP contribution < -0.4 is 5.43 Å². The van der Waals surface area contributed by atoms with E-state index in [-0.39, 0.29) is 0 Å². The third kappa shape index (κ3) is 2.26. The maximum Gasteiger partial charge on any atom is 0.128 e. The van der Waals surface area contributed by atoms with Gasteiger partial charge in [-0.2, -0.15) is 0 Å². The van der Waals surface area contributed by atoms with Gasteiger partial charge in [0, 0.05) is 16.2 Å². The Bertz CT molecular complexity index is 465. The van der Waals surface area contributed by atoms with Crippen molar-refractivity contribution in [3.05, 3.63) is 45.6 Å². The summed E-state index contributed by atoms with van der Waals surface area (Å²) in [5, 5.41) is 5.26. The lowest BCUT2D eigenvalue weighted by molar-refractivity contribution is 0.403. The zero-order valence-corrected chi connectivity index (χ0v) is 10.6. The molecule has 0 aromatic heterocycles. The molecule has 0 bridgehead atoms. The van der Waals surface area contributed by atoms with Crippen LogP contribution in [-0.4, -0.2) is 10.3 Å². The number of nitrogens with one attached hydrogen (secondary N) is 1. The first-order chi connectivity index (χ1) is 7.58. The predicted molar refractivity (Wildman–Crippen MR) is 67.4 cm³/mol. The van der Waals surface area contributed by atoms with Gasteiger partial charge in [-0.05, 0) is 19.1 Å². The number of rotatable bonds is 1. The van der Waals surface area contributed by atoms with E-state index in [1.165, 1.54) is 0 Å². The Hall–Kier alpha value is -0.900. The molecule has 16 heavy (non-hydrogen) atoms. The van der Waals surface area contributed by atoms with Crippen molar-refractivity contribution in [2.75, 3.05) is 0 Å². The number of nitrogens with zero attached hydrogens (tertiary/aromatic N) is 2. The molecule has 1 aliphatic rings. The van der Waals surface area contributed by atoms with Gasteiger partial charge < -0.3 is 0 Å². The van der Waals surface area contributed by atoms with E-state index in [2.05, 4.69) is 10.5 Å². The smallest absolute Gasteiger partial charge is 0.128 e. The van der Waals surface area contributed by atoms with Crippen molar-refractivity contribution in [1.82, 2.24) is 10.1 Å². The third-order valence-electron chi connectivity index (χ3n) is 2.18. The Morgan fingerprint density at radius 3 is 2.44 bits per heavy atom. The van der Waals surface area contributed by atoms with Gasteiger partial charge in [-0.25, -0.2) is 0 Å². The average Bonchev–Trinajstić information content (AvgIpc) is 2.25. The van der Waals surface area contributed by atoms with Gasteiger partial charge in [0.1, 0.15) is 5.16 Å². The lowest BCUT2D eigenvalue weighted by Gasteiger charge is -2.21. The van der Waals surface area contributed by atoms with Crippen LogP contribution >= 0.6 is 35.0 Å². The average molecular weight is 277 g/mol. The Morgan fingerprint density at radius 2 is 1.81 bits per heavy atom. The number of benzene rings is 1. The summed E-state index contributed by atoms with van der Waals surface area (Å²) in [4.78, 5) is 0. The monoisotopic (exact) mass is 275 g/mol. The van der Waals surface area contributed by atoms with Crippen LogP contribution in [0.4, 0.5) is 0 Å². The van der Waals surface area contributed by atoms with E-state index in [0.29, 0.717) is 10.2 Å². The summed E-state index contributed by atoms with van der Waals surface area (Å²) in [6, 6.07) is 7.32. The van der Waals surface area contributed by atoms with Crippen LogP contribution in [0.1, 0.15) is 12.5 Å². The van der Waals surface area contributed by atoms with Crippen molar-refractivity contribution in [2.24, 2.45) is 5.10 Å². The largest absolute Gasteiger partial charge is 0.256 e. The van der Waals surface area contributed by atoms with Crippen LogP contribution in [-0.2, 0) is 0 Å². The van der Waals surface area contributed by atoms with Crippen LogP contribution in [0, 0.1) is 0 Å². The molecule has 0 atom stereocenters. The normalized spacial score (nSPS) is 16.0. The summed E-state index contributed by atoms with van der Waals surface area (Å²) in [5.74, 6) is 0. The fourth-order valence-corrected chi connectivity index (χ4v) is 1.84. The van der Waals surface area contributed by atoms with E-state index in [1.807, 2.05) is 19.1 Å². The topological polar surface area (TPSA) is 27.6 Å². The summed E-state index contributed by atoms with van der Waals surface area (Å²) >= 11 is 17.5. The highest BCUT2D eigenvalue weighted by Crippen LogP contribution is 2.21. The van der Waals surface area contributed by atoms with Crippen molar-refractivity contribution in [3.8, 4) is 0 Å². The molecule has 0 saturated carbocycles. The summed E-state index contributed by atoms with van der Waals surface area (Å²) in [6.07, 6.45) is 0. The standard InChI is InChI=1S/C10H8Cl3N3/c1-6-9(14-16(13)15-10(6)12)7-2-4-8(11)5-3-7/h2-5,15H,1H3. The van der Waals surface area contributed by atoms with Gasteiger partial charge in [0.2, 0.25) is 0 Å². The molecule has 1 heterocycles. The third-order valence-corrected chi connectivity index (χ3v) is 2.96.